The molecule has 1 saturated heterocycles. The zero-order valence-corrected chi connectivity index (χ0v) is 9.26. The van der Waals surface area contributed by atoms with Crippen LogP contribution in [0.25, 0.3) is 0 Å². The lowest BCUT2D eigenvalue weighted by molar-refractivity contribution is -0.148. The number of carbonyl (C=O) groups excluding carboxylic acids is 2. The predicted molar refractivity (Wildman–Crippen MR) is 52.9 cm³/mol. The van der Waals surface area contributed by atoms with Gasteiger partial charge in [-0.05, 0) is 19.3 Å². The van der Waals surface area contributed by atoms with E-state index < -0.39 is 11.3 Å². The Bertz CT molecular complexity index is 331. The van der Waals surface area contributed by atoms with Crippen molar-refractivity contribution in [3.8, 4) is 0 Å². The molecule has 1 aliphatic heterocycles. The van der Waals surface area contributed by atoms with Crippen molar-refractivity contribution in [2.45, 2.75) is 45.0 Å². The van der Waals surface area contributed by atoms with E-state index in [0.717, 1.165) is 0 Å². The van der Waals surface area contributed by atoms with Crippen LogP contribution in [-0.4, -0.2) is 29.2 Å². The van der Waals surface area contributed by atoms with Gasteiger partial charge in [0.15, 0.2) is 0 Å². The number of carbonyl (C=O) groups is 2. The summed E-state index contributed by atoms with van der Waals surface area (Å²) in [5.41, 5.74) is -0.673. The van der Waals surface area contributed by atoms with Gasteiger partial charge in [0.05, 0.1) is 5.41 Å². The summed E-state index contributed by atoms with van der Waals surface area (Å²) in [6.07, 6.45) is 0.502. The highest BCUT2D eigenvalue weighted by molar-refractivity contribution is 5.98. The second-order valence-electron chi connectivity index (χ2n) is 4.86. The van der Waals surface area contributed by atoms with Crippen molar-refractivity contribution in [3.05, 3.63) is 0 Å². The van der Waals surface area contributed by atoms with E-state index in [1.807, 2.05) is 0 Å². The highest BCUT2D eigenvalue weighted by Gasteiger charge is 2.52. The Kier molecular flexibility index (Phi) is 2.51. The van der Waals surface area contributed by atoms with Gasteiger partial charge in [0.25, 0.3) is 0 Å². The molecule has 0 unspecified atom stereocenters. The number of likely N-dealkylation sites (tertiary alicyclic amines) is 1. The zero-order valence-electron chi connectivity index (χ0n) is 9.26. The van der Waals surface area contributed by atoms with Crippen molar-refractivity contribution < 1.29 is 18.4 Å². The summed E-state index contributed by atoms with van der Waals surface area (Å²) in [7, 11) is 0. The van der Waals surface area contributed by atoms with Gasteiger partial charge in [-0.25, -0.2) is 8.78 Å². The van der Waals surface area contributed by atoms with E-state index in [1.165, 1.54) is 11.8 Å². The second kappa shape index (κ2) is 3.50. The SMILES string of the molecule is CC(=O)N1CCC2(CCC(F)(F)CC2)C1=O. The second-order valence-corrected chi connectivity index (χ2v) is 4.86. The molecule has 0 bridgehead atoms. The smallest absolute Gasteiger partial charge is 0.248 e. The third-order valence-corrected chi connectivity index (χ3v) is 3.83. The lowest BCUT2D eigenvalue weighted by Gasteiger charge is -2.35. The van der Waals surface area contributed by atoms with Gasteiger partial charge in [-0.3, -0.25) is 14.5 Å². The normalized spacial score (nSPS) is 27.4. The van der Waals surface area contributed by atoms with E-state index in [4.69, 9.17) is 0 Å². The van der Waals surface area contributed by atoms with Crippen LogP contribution < -0.4 is 0 Å². The molecule has 2 amide bonds. The van der Waals surface area contributed by atoms with E-state index in [0.29, 0.717) is 13.0 Å². The van der Waals surface area contributed by atoms with Gasteiger partial charge >= 0.3 is 0 Å². The Morgan fingerprint density at radius 1 is 1.19 bits per heavy atom. The maximum atomic E-state index is 13.0. The van der Waals surface area contributed by atoms with Gasteiger partial charge in [-0.2, -0.15) is 0 Å². The van der Waals surface area contributed by atoms with E-state index in [2.05, 4.69) is 0 Å². The highest BCUT2D eigenvalue weighted by Crippen LogP contribution is 2.49. The summed E-state index contributed by atoms with van der Waals surface area (Å²) in [6.45, 7) is 1.73. The van der Waals surface area contributed by atoms with Crippen LogP contribution in [0.4, 0.5) is 8.78 Å². The van der Waals surface area contributed by atoms with Gasteiger partial charge in [-0.1, -0.05) is 0 Å². The largest absolute Gasteiger partial charge is 0.282 e. The molecular weight excluding hydrogens is 216 g/mol. The molecule has 5 heteroatoms. The molecule has 2 aliphatic rings. The molecular formula is C11H15F2NO2. The first kappa shape index (κ1) is 11.5. The molecule has 0 N–H and O–H groups in total. The van der Waals surface area contributed by atoms with E-state index >= 15 is 0 Å². The number of amides is 2. The van der Waals surface area contributed by atoms with E-state index in [1.54, 1.807) is 0 Å². The summed E-state index contributed by atoms with van der Waals surface area (Å²) in [5, 5.41) is 0. The predicted octanol–water partition coefficient (Wildman–Crippen LogP) is 1.96. The first-order valence-electron chi connectivity index (χ1n) is 5.57. The first-order valence-corrected chi connectivity index (χ1v) is 5.57. The summed E-state index contributed by atoms with van der Waals surface area (Å²) in [5.74, 6) is -3.15. The van der Waals surface area contributed by atoms with Crippen LogP contribution in [-0.2, 0) is 9.59 Å². The highest BCUT2D eigenvalue weighted by atomic mass is 19.3. The van der Waals surface area contributed by atoms with Gasteiger partial charge in [0, 0.05) is 26.3 Å². The fourth-order valence-electron chi connectivity index (χ4n) is 2.68. The molecule has 1 spiro atoms. The fraction of sp³-hybridized carbons (Fsp3) is 0.818. The van der Waals surface area contributed by atoms with Crippen LogP contribution in [0.3, 0.4) is 0 Å². The Morgan fingerprint density at radius 2 is 1.75 bits per heavy atom. The lowest BCUT2D eigenvalue weighted by Crippen LogP contribution is -2.41. The van der Waals surface area contributed by atoms with Crippen molar-refractivity contribution in [2.75, 3.05) is 6.54 Å². The number of hydrogen-bond donors (Lipinski definition) is 0. The Hall–Kier alpha value is -1.00. The monoisotopic (exact) mass is 231 g/mol. The maximum Gasteiger partial charge on any atom is 0.248 e. The maximum absolute atomic E-state index is 13.0. The Balaban J connectivity index is 2.12. The molecule has 90 valence electrons. The van der Waals surface area contributed by atoms with Crippen LogP contribution in [0.1, 0.15) is 39.0 Å². The van der Waals surface area contributed by atoms with Crippen LogP contribution in [0.15, 0.2) is 0 Å². The minimum absolute atomic E-state index is 0.211. The number of imide groups is 1. The van der Waals surface area contributed by atoms with Crippen LogP contribution >= 0.6 is 0 Å². The molecule has 0 radical (unpaired) electrons. The molecule has 0 aromatic carbocycles. The van der Waals surface area contributed by atoms with E-state index in [9.17, 15) is 18.4 Å². The van der Waals surface area contributed by atoms with Crippen molar-refractivity contribution in [2.24, 2.45) is 5.41 Å². The van der Waals surface area contributed by atoms with E-state index in [-0.39, 0.29) is 37.5 Å². The summed E-state index contributed by atoms with van der Waals surface area (Å²) >= 11 is 0. The Labute approximate surface area is 92.8 Å². The summed E-state index contributed by atoms with van der Waals surface area (Å²) in [6, 6.07) is 0. The molecule has 1 saturated carbocycles. The topological polar surface area (TPSA) is 37.4 Å². The standard InChI is InChI=1S/C11H15F2NO2/c1-8(15)14-7-6-10(9(14)16)2-4-11(12,13)5-3-10/h2-7H2,1H3. The quantitative estimate of drug-likeness (QED) is 0.639. The molecule has 0 aromatic rings. The van der Waals surface area contributed by atoms with Crippen molar-refractivity contribution >= 4 is 11.8 Å². The zero-order chi connectivity index (χ0) is 12.0. The summed E-state index contributed by atoms with van der Waals surface area (Å²) in [4.78, 5) is 24.4. The van der Waals surface area contributed by atoms with Gasteiger partial charge in [0.1, 0.15) is 0 Å². The third-order valence-electron chi connectivity index (χ3n) is 3.83. The van der Waals surface area contributed by atoms with Crippen molar-refractivity contribution in [1.29, 1.82) is 0 Å². The molecule has 2 fully saturated rings. The van der Waals surface area contributed by atoms with Gasteiger partial charge < -0.3 is 0 Å². The number of hydrogen-bond acceptors (Lipinski definition) is 2. The van der Waals surface area contributed by atoms with Crippen molar-refractivity contribution in [1.82, 2.24) is 4.90 Å². The Morgan fingerprint density at radius 3 is 2.19 bits per heavy atom. The number of nitrogens with zero attached hydrogens (tertiary/aromatic N) is 1. The number of halogens is 2. The molecule has 2 rings (SSSR count). The lowest BCUT2D eigenvalue weighted by atomic mass is 9.72. The van der Waals surface area contributed by atoms with Crippen molar-refractivity contribution in [3.63, 3.8) is 0 Å². The van der Waals surface area contributed by atoms with Crippen LogP contribution in [0, 0.1) is 5.41 Å². The van der Waals surface area contributed by atoms with Gasteiger partial charge in [-0.15, -0.1) is 0 Å². The third kappa shape index (κ3) is 1.72. The summed E-state index contributed by atoms with van der Waals surface area (Å²) < 4.78 is 26.1. The fourth-order valence-corrected chi connectivity index (χ4v) is 2.68. The van der Waals surface area contributed by atoms with Gasteiger partial charge in [0.2, 0.25) is 17.7 Å². The molecule has 1 heterocycles. The molecule has 0 atom stereocenters. The molecule has 16 heavy (non-hydrogen) atoms. The molecule has 0 aromatic heterocycles. The minimum atomic E-state index is -2.63. The average Bonchev–Trinajstić information content (AvgIpc) is 2.50. The molecule has 1 aliphatic carbocycles. The number of alkyl halides is 2. The first-order chi connectivity index (χ1) is 7.36. The number of rotatable bonds is 0. The minimum Gasteiger partial charge on any atom is -0.282 e. The molecule has 3 nitrogen and oxygen atoms in total. The van der Waals surface area contributed by atoms with Crippen LogP contribution in [0.5, 0.6) is 0 Å². The average molecular weight is 231 g/mol. The van der Waals surface area contributed by atoms with Crippen LogP contribution in [0.2, 0.25) is 0 Å².